The second-order valence-electron chi connectivity index (χ2n) is 5.90. The Morgan fingerprint density at radius 3 is 2.95 bits per heavy atom. The summed E-state index contributed by atoms with van der Waals surface area (Å²) < 4.78 is 1.79. The minimum absolute atomic E-state index is 0.264. The predicted molar refractivity (Wildman–Crippen MR) is 77.7 cm³/mol. The number of fused-ring (bicyclic) bond motifs is 1. The van der Waals surface area contributed by atoms with E-state index in [1.165, 1.54) is 0 Å². The van der Waals surface area contributed by atoms with Crippen LogP contribution < -0.4 is 5.32 Å². The molecule has 0 spiro atoms. The van der Waals surface area contributed by atoms with Gasteiger partial charge in [0.05, 0.1) is 6.42 Å². The Morgan fingerprint density at radius 1 is 1.45 bits per heavy atom. The van der Waals surface area contributed by atoms with E-state index >= 15 is 0 Å². The molecule has 0 amide bonds. The lowest BCUT2D eigenvalue weighted by Gasteiger charge is -2.09. The highest BCUT2D eigenvalue weighted by Gasteiger charge is 2.30. The fourth-order valence-corrected chi connectivity index (χ4v) is 2.17. The number of nitrogens with zero attached hydrogens (tertiary/aromatic N) is 3. The fourth-order valence-electron chi connectivity index (χ4n) is 2.17. The predicted octanol–water partition coefficient (Wildman–Crippen LogP) is 2.32. The highest BCUT2D eigenvalue weighted by molar-refractivity contribution is 5.84. The number of carbonyl (C=O) groups excluding carboxylic acids is 1. The third kappa shape index (κ3) is 2.81. The van der Waals surface area contributed by atoms with E-state index in [-0.39, 0.29) is 11.7 Å². The summed E-state index contributed by atoms with van der Waals surface area (Å²) in [5, 5.41) is 7.83. The lowest BCUT2D eigenvalue weighted by Crippen LogP contribution is -2.11. The quantitative estimate of drug-likeness (QED) is 0.876. The Morgan fingerprint density at radius 2 is 2.25 bits per heavy atom. The maximum Gasteiger partial charge on any atom is 0.159 e. The van der Waals surface area contributed by atoms with Gasteiger partial charge in [0, 0.05) is 12.5 Å². The van der Waals surface area contributed by atoms with Gasteiger partial charge in [-0.25, -0.2) is 4.98 Å². The molecule has 5 heteroatoms. The van der Waals surface area contributed by atoms with Gasteiger partial charge in [0.1, 0.15) is 11.6 Å². The Balaban J connectivity index is 1.81. The van der Waals surface area contributed by atoms with Gasteiger partial charge in [-0.2, -0.15) is 4.52 Å². The number of ketones is 1. The van der Waals surface area contributed by atoms with Crippen LogP contribution in [0.1, 0.15) is 32.5 Å². The molecule has 1 fully saturated rings. The third-order valence-corrected chi connectivity index (χ3v) is 3.46. The third-order valence-electron chi connectivity index (χ3n) is 3.46. The maximum atomic E-state index is 11.8. The minimum Gasteiger partial charge on any atom is -0.370 e. The molecule has 2 aromatic heterocycles. The second kappa shape index (κ2) is 5.23. The summed E-state index contributed by atoms with van der Waals surface area (Å²) >= 11 is 0. The van der Waals surface area contributed by atoms with Crippen LogP contribution in [0.15, 0.2) is 18.2 Å². The van der Waals surface area contributed by atoms with Gasteiger partial charge in [0.15, 0.2) is 11.5 Å². The van der Waals surface area contributed by atoms with Crippen molar-refractivity contribution < 1.29 is 4.79 Å². The fraction of sp³-hybridized carbons (Fsp3) is 0.533. The Kier molecular flexibility index (Phi) is 3.42. The summed E-state index contributed by atoms with van der Waals surface area (Å²) in [6.45, 7) is 5.21. The molecule has 1 N–H and O–H groups in total. The first-order chi connectivity index (χ1) is 9.63. The van der Waals surface area contributed by atoms with Crippen LogP contribution in [0.3, 0.4) is 0 Å². The molecule has 106 valence electrons. The van der Waals surface area contributed by atoms with Crippen molar-refractivity contribution in [2.75, 3.05) is 11.9 Å². The summed E-state index contributed by atoms with van der Waals surface area (Å²) in [5.74, 6) is 2.65. The van der Waals surface area contributed by atoms with Crippen LogP contribution in [0.25, 0.3) is 5.65 Å². The van der Waals surface area contributed by atoms with Crippen LogP contribution in [-0.4, -0.2) is 26.9 Å². The van der Waals surface area contributed by atoms with Gasteiger partial charge in [-0.1, -0.05) is 19.9 Å². The molecule has 0 unspecified atom stereocenters. The van der Waals surface area contributed by atoms with Crippen LogP contribution >= 0.6 is 0 Å². The van der Waals surface area contributed by atoms with E-state index in [4.69, 9.17) is 0 Å². The van der Waals surface area contributed by atoms with Crippen molar-refractivity contribution in [2.24, 2.45) is 11.8 Å². The van der Waals surface area contributed by atoms with E-state index < -0.39 is 0 Å². The van der Waals surface area contributed by atoms with Gasteiger partial charge >= 0.3 is 0 Å². The van der Waals surface area contributed by atoms with Crippen LogP contribution in [0.2, 0.25) is 0 Å². The first-order valence-corrected chi connectivity index (χ1v) is 7.24. The number of pyridine rings is 1. The molecule has 1 saturated carbocycles. The first-order valence-electron chi connectivity index (χ1n) is 7.24. The molecule has 0 saturated heterocycles. The molecular formula is C15H20N4O. The monoisotopic (exact) mass is 272 g/mol. The largest absolute Gasteiger partial charge is 0.370 e. The number of nitrogens with one attached hydrogen (secondary N) is 1. The lowest BCUT2D eigenvalue weighted by molar-refractivity contribution is -0.119. The van der Waals surface area contributed by atoms with Gasteiger partial charge in [-0.3, -0.25) is 4.79 Å². The van der Waals surface area contributed by atoms with Gasteiger partial charge < -0.3 is 5.32 Å². The van der Waals surface area contributed by atoms with Crippen LogP contribution in [0.5, 0.6) is 0 Å². The van der Waals surface area contributed by atoms with E-state index in [0.717, 1.165) is 30.9 Å². The number of rotatable bonds is 6. The molecule has 0 aromatic carbocycles. The molecule has 0 radical (unpaired) electrons. The average molecular weight is 272 g/mol. The zero-order chi connectivity index (χ0) is 14.1. The van der Waals surface area contributed by atoms with Gasteiger partial charge in [0.25, 0.3) is 0 Å². The van der Waals surface area contributed by atoms with Crippen molar-refractivity contribution in [3.8, 4) is 0 Å². The highest BCUT2D eigenvalue weighted by atomic mass is 16.1. The number of Topliss-reactive ketones (excluding diaryl/α,β-unsaturated/α-hetero) is 1. The SMILES string of the molecule is CC(C)CNc1cccc2nc(CC(=O)C3CC3)nn12. The minimum atomic E-state index is 0.264. The molecule has 5 nitrogen and oxygen atoms in total. The molecule has 0 bridgehead atoms. The van der Waals surface area contributed by atoms with Gasteiger partial charge in [0.2, 0.25) is 0 Å². The highest BCUT2D eigenvalue weighted by Crippen LogP contribution is 2.30. The number of anilines is 1. The van der Waals surface area contributed by atoms with Crippen molar-refractivity contribution in [3.63, 3.8) is 0 Å². The molecule has 2 aromatic rings. The van der Waals surface area contributed by atoms with Gasteiger partial charge in [-0.05, 0) is 30.9 Å². The van der Waals surface area contributed by atoms with E-state index in [1.807, 2.05) is 18.2 Å². The number of hydrogen-bond donors (Lipinski definition) is 1. The summed E-state index contributed by atoms with van der Waals surface area (Å²) in [5.41, 5.74) is 0.789. The number of hydrogen-bond acceptors (Lipinski definition) is 4. The Labute approximate surface area is 118 Å². The van der Waals surface area contributed by atoms with Crippen LogP contribution in [0, 0.1) is 11.8 Å². The standard InChI is InChI=1S/C15H20N4O/c1-10(2)9-16-14-4-3-5-15-17-13(18-19(14)15)8-12(20)11-6-7-11/h3-5,10-11,16H,6-9H2,1-2H3. The van der Waals surface area contributed by atoms with Crippen molar-refractivity contribution >= 4 is 17.2 Å². The normalized spacial score (nSPS) is 14.9. The van der Waals surface area contributed by atoms with Crippen molar-refractivity contribution in [1.29, 1.82) is 0 Å². The van der Waals surface area contributed by atoms with E-state index in [1.54, 1.807) is 4.52 Å². The zero-order valence-corrected chi connectivity index (χ0v) is 12.0. The molecule has 20 heavy (non-hydrogen) atoms. The van der Waals surface area contributed by atoms with Crippen LogP contribution in [0.4, 0.5) is 5.82 Å². The summed E-state index contributed by atoms with van der Waals surface area (Å²) in [4.78, 5) is 16.3. The number of carbonyl (C=O) groups is 1. The van der Waals surface area contributed by atoms with Crippen molar-refractivity contribution in [1.82, 2.24) is 14.6 Å². The molecule has 3 rings (SSSR count). The molecule has 1 aliphatic carbocycles. The lowest BCUT2D eigenvalue weighted by atomic mass is 10.2. The molecule has 0 atom stereocenters. The molecular weight excluding hydrogens is 252 g/mol. The van der Waals surface area contributed by atoms with Crippen molar-refractivity contribution in [3.05, 3.63) is 24.0 Å². The Hall–Kier alpha value is -1.91. The zero-order valence-electron chi connectivity index (χ0n) is 12.0. The van der Waals surface area contributed by atoms with E-state index in [9.17, 15) is 4.79 Å². The number of aromatic nitrogens is 3. The summed E-state index contributed by atoms with van der Waals surface area (Å²) in [6.07, 6.45) is 2.43. The van der Waals surface area contributed by atoms with E-state index in [2.05, 4.69) is 29.2 Å². The van der Waals surface area contributed by atoms with Gasteiger partial charge in [-0.15, -0.1) is 5.10 Å². The summed E-state index contributed by atoms with van der Waals surface area (Å²) in [7, 11) is 0. The van der Waals surface area contributed by atoms with Crippen LogP contribution in [-0.2, 0) is 11.2 Å². The van der Waals surface area contributed by atoms with E-state index in [0.29, 0.717) is 18.2 Å². The smallest absolute Gasteiger partial charge is 0.159 e. The molecule has 2 heterocycles. The first kappa shape index (κ1) is 13.1. The maximum absolute atomic E-state index is 11.8. The molecule has 0 aliphatic heterocycles. The molecule has 1 aliphatic rings. The summed E-state index contributed by atoms with van der Waals surface area (Å²) in [6, 6.07) is 5.86. The second-order valence-corrected chi connectivity index (χ2v) is 5.90. The average Bonchev–Trinajstić information content (AvgIpc) is 3.17. The Bertz CT molecular complexity index is 628. The van der Waals surface area contributed by atoms with Crippen molar-refractivity contribution in [2.45, 2.75) is 33.1 Å². The topological polar surface area (TPSA) is 59.3 Å².